The van der Waals surface area contributed by atoms with Crippen LogP contribution in [0, 0.1) is 0 Å². The summed E-state index contributed by atoms with van der Waals surface area (Å²) in [6.45, 7) is 1.80. The van der Waals surface area contributed by atoms with Crippen molar-refractivity contribution in [3.63, 3.8) is 0 Å². The second-order valence-corrected chi connectivity index (χ2v) is 7.41. The number of hydrogen-bond donors (Lipinski definition) is 8. The Hall–Kier alpha value is -2.64. The number of carboxylic acids is 1. The van der Waals surface area contributed by atoms with Crippen molar-refractivity contribution >= 4 is 36.3 Å². The Labute approximate surface area is 185 Å². The molecule has 1 aromatic rings. The molecule has 12 nitrogen and oxygen atoms in total. The van der Waals surface area contributed by atoms with Gasteiger partial charge in [-0.2, -0.15) is 12.6 Å². The minimum Gasteiger partial charge on any atom is -0.480 e. The number of amides is 3. The molecule has 13 heteroatoms. The first-order valence-corrected chi connectivity index (χ1v) is 10.5. The maximum atomic E-state index is 12.7. The number of thiol groups is 1. The van der Waals surface area contributed by atoms with Gasteiger partial charge in [0.2, 0.25) is 17.7 Å². The number of hydrogen-bond acceptors (Lipinski definition) is 8. The highest BCUT2D eigenvalue weighted by Crippen LogP contribution is 2.03. The summed E-state index contributed by atoms with van der Waals surface area (Å²) in [5.74, 6) is -3.11. The van der Waals surface area contributed by atoms with Gasteiger partial charge in [-0.1, -0.05) is 6.42 Å². The number of nitrogens with one attached hydrogen (secondary N) is 4. The van der Waals surface area contributed by atoms with Gasteiger partial charge in [0, 0.05) is 24.1 Å². The van der Waals surface area contributed by atoms with Crippen LogP contribution in [-0.4, -0.2) is 75.2 Å². The average Bonchev–Trinajstić information content (AvgIpc) is 3.24. The van der Waals surface area contributed by atoms with Crippen molar-refractivity contribution in [3.8, 4) is 0 Å². The number of nitrogens with two attached hydrogens (primary N) is 2. The molecule has 0 radical (unpaired) electrons. The summed E-state index contributed by atoms with van der Waals surface area (Å²) in [6.07, 6.45) is 4.76. The number of H-pyrrole nitrogens is 1. The zero-order valence-corrected chi connectivity index (χ0v) is 18.2. The standard InChI is InChI=1S/C18H31N7O5S/c1-10(18(29)30)23-16(27)13(6-11-7-21-9-22-11)24-17(28)14(8-31)25-15(26)12(20)4-2-3-5-19/h7,9-10,12-14,31H,2-6,8,19-20H2,1H3,(H,21,22)(H,23,27)(H,24,28)(H,25,26)(H,29,30). The zero-order chi connectivity index (χ0) is 23.4. The lowest BCUT2D eigenvalue weighted by Gasteiger charge is -2.23. The molecule has 31 heavy (non-hydrogen) atoms. The van der Waals surface area contributed by atoms with Crippen molar-refractivity contribution < 1.29 is 24.3 Å². The van der Waals surface area contributed by atoms with Crippen LogP contribution in [-0.2, 0) is 25.6 Å². The van der Waals surface area contributed by atoms with Crippen LogP contribution in [0.5, 0.6) is 0 Å². The Morgan fingerprint density at radius 1 is 1.13 bits per heavy atom. The van der Waals surface area contributed by atoms with Gasteiger partial charge in [0.25, 0.3) is 0 Å². The van der Waals surface area contributed by atoms with Crippen molar-refractivity contribution in [2.75, 3.05) is 12.3 Å². The molecule has 9 N–H and O–H groups in total. The molecule has 0 saturated carbocycles. The number of aromatic amines is 1. The molecule has 0 fully saturated rings. The van der Waals surface area contributed by atoms with Crippen LogP contribution in [0.3, 0.4) is 0 Å². The molecule has 4 atom stereocenters. The monoisotopic (exact) mass is 457 g/mol. The van der Waals surface area contributed by atoms with Crippen molar-refractivity contribution in [1.29, 1.82) is 0 Å². The highest BCUT2D eigenvalue weighted by molar-refractivity contribution is 7.80. The number of nitrogens with zero attached hydrogens (tertiary/aromatic N) is 1. The smallest absolute Gasteiger partial charge is 0.325 e. The lowest BCUT2D eigenvalue weighted by atomic mass is 10.1. The van der Waals surface area contributed by atoms with Gasteiger partial charge in [0.15, 0.2) is 0 Å². The predicted molar refractivity (Wildman–Crippen MR) is 116 cm³/mol. The molecule has 0 aliphatic heterocycles. The number of unbranched alkanes of at least 4 members (excludes halogenated alkanes) is 1. The van der Waals surface area contributed by atoms with Crippen LogP contribution in [0.4, 0.5) is 0 Å². The van der Waals surface area contributed by atoms with Crippen molar-refractivity contribution in [3.05, 3.63) is 18.2 Å². The van der Waals surface area contributed by atoms with E-state index < -0.39 is 47.9 Å². The Balaban J connectivity index is 2.80. The zero-order valence-electron chi connectivity index (χ0n) is 17.3. The second kappa shape index (κ2) is 13.6. The van der Waals surface area contributed by atoms with Crippen LogP contribution in [0.25, 0.3) is 0 Å². The fourth-order valence-electron chi connectivity index (χ4n) is 2.59. The maximum Gasteiger partial charge on any atom is 0.325 e. The third kappa shape index (κ3) is 9.36. The van der Waals surface area contributed by atoms with Gasteiger partial charge in [-0.05, 0) is 26.3 Å². The number of imidazole rings is 1. The predicted octanol–water partition coefficient (Wildman–Crippen LogP) is -2.10. The fraction of sp³-hybridized carbons (Fsp3) is 0.611. The van der Waals surface area contributed by atoms with Gasteiger partial charge < -0.3 is 37.5 Å². The molecule has 4 unspecified atom stereocenters. The van der Waals surface area contributed by atoms with Crippen molar-refractivity contribution in [2.24, 2.45) is 11.5 Å². The normalized spacial score (nSPS) is 14.7. The third-order valence-electron chi connectivity index (χ3n) is 4.46. The summed E-state index contributed by atoms with van der Waals surface area (Å²) in [7, 11) is 0. The fourth-order valence-corrected chi connectivity index (χ4v) is 2.84. The molecule has 1 aromatic heterocycles. The van der Waals surface area contributed by atoms with E-state index in [1.165, 1.54) is 19.4 Å². The van der Waals surface area contributed by atoms with Gasteiger partial charge in [-0.15, -0.1) is 0 Å². The summed E-state index contributed by atoms with van der Waals surface area (Å²) >= 11 is 4.10. The molecule has 1 rings (SSSR count). The highest BCUT2D eigenvalue weighted by atomic mass is 32.1. The molecule has 0 aliphatic carbocycles. The molecule has 0 saturated heterocycles. The summed E-state index contributed by atoms with van der Waals surface area (Å²) in [6, 6.07) is -4.10. The van der Waals surface area contributed by atoms with E-state index in [1.54, 1.807) is 0 Å². The van der Waals surface area contributed by atoms with Crippen LogP contribution in [0.15, 0.2) is 12.5 Å². The molecule has 0 bridgehead atoms. The number of carbonyl (C=O) groups is 4. The van der Waals surface area contributed by atoms with E-state index in [1.807, 2.05) is 0 Å². The van der Waals surface area contributed by atoms with Crippen LogP contribution < -0.4 is 27.4 Å². The SMILES string of the molecule is CC(NC(=O)C(Cc1cnc[nH]1)NC(=O)C(CS)NC(=O)C(N)CCCCN)C(=O)O. The summed E-state index contributed by atoms with van der Waals surface area (Å²) in [5.41, 5.74) is 11.8. The van der Waals surface area contributed by atoms with Gasteiger partial charge in [-0.25, -0.2) is 4.98 Å². The highest BCUT2D eigenvalue weighted by Gasteiger charge is 2.29. The number of carbonyl (C=O) groups excluding carboxylic acids is 3. The first-order chi connectivity index (χ1) is 14.7. The Morgan fingerprint density at radius 2 is 1.77 bits per heavy atom. The van der Waals surface area contributed by atoms with E-state index in [2.05, 4.69) is 38.5 Å². The van der Waals surface area contributed by atoms with E-state index in [4.69, 9.17) is 16.6 Å². The molecular formula is C18H31N7O5S. The lowest BCUT2D eigenvalue weighted by Crippen LogP contribution is -2.58. The molecule has 0 aliphatic rings. The summed E-state index contributed by atoms with van der Waals surface area (Å²) in [5, 5.41) is 16.4. The first-order valence-electron chi connectivity index (χ1n) is 9.87. The average molecular weight is 458 g/mol. The largest absolute Gasteiger partial charge is 0.480 e. The Kier molecular flexibility index (Phi) is 11.6. The molecule has 0 aromatic carbocycles. The van der Waals surface area contributed by atoms with Crippen LogP contribution >= 0.6 is 12.6 Å². The molecule has 174 valence electrons. The topological polar surface area (TPSA) is 205 Å². The quantitative estimate of drug-likeness (QED) is 0.114. The minimum atomic E-state index is -1.22. The maximum absolute atomic E-state index is 12.7. The summed E-state index contributed by atoms with van der Waals surface area (Å²) in [4.78, 5) is 55.2. The molecule has 3 amide bonds. The van der Waals surface area contributed by atoms with Gasteiger partial charge in [0.1, 0.15) is 18.1 Å². The van der Waals surface area contributed by atoms with Crippen molar-refractivity contribution in [2.45, 2.75) is 56.8 Å². The Morgan fingerprint density at radius 3 is 2.32 bits per heavy atom. The van der Waals surface area contributed by atoms with Gasteiger partial charge in [-0.3, -0.25) is 19.2 Å². The number of carboxylic acid groups (broad SMARTS) is 1. The molecule has 0 spiro atoms. The van der Waals surface area contributed by atoms with Gasteiger partial charge in [0.05, 0.1) is 12.4 Å². The second-order valence-electron chi connectivity index (χ2n) is 7.05. The molecule has 1 heterocycles. The minimum absolute atomic E-state index is 0.0307. The number of rotatable bonds is 14. The van der Waals surface area contributed by atoms with Crippen LogP contribution in [0.2, 0.25) is 0 Å². The van der Waals surface area contributed by atoms with E-state index in [-0.39, 0.29) is 12.2 Å². The summed E-state index contributed by atoms with van der Waals surface area (Å²) < 4.78 is 0. The first kappa shape index (κ1) is 26.4. The van der Waals surface area contributed by atoms with Gasteiger partial charge >= 0.3 is 5.97 Å². The van der Waals surface area contributed by atoms with E-state index >= 15 is 0 Å². The van der Waals surface area contributed by atoms with E-state index in [9.17, 15) is 19.2 Å². The van der Waals surface area contributed by atoms with Crippen LogP contribution in [0.1, 0.15) is 31.9 Å². The Bertz CT molecular complexity index is 731. The number of aliphatic carboxylic acids is 1. The van der Waals surface area contributed by atoms with Crippen molar-refractivity contribution in [1.82, 2.24) is 25.9 Å². The number of aromatic nitrogens is 2. The lowest BCUT2D eigenvalue weighted by molar-refractivity contribution is -0.141. The van der Waals surface area contributed by atoms with E-state index in [0.717, 1.165) is 6.42 Å². The molecular weight excluding hydrogens is 426 g/mol. The third-order valence-corrected chi connectivity index (χ3v) is 4.83. The van der Waals surface area contributed by atoms with E-state index in [0.29, 0.717) is 25.1 Å².